The smallest absolute Gasteiger partial charge is 0.0710 e. The lowest BCUT2D eigenvalue weighted by Crippen LogP contribution is -2.39. The van der Waals surface area contributed by atoms with Crippen LogP contribution in [0.3, 0.4) is 0 Å². The molecule has 0 aromatic rings. The van der Waals surface area contributed by atoms with E-state index in [0.29, 0.717) is 12.0 Å². The average Bonchev–Trinajstić information content (AvgIpc) is 2.81. The second-order valence-corrected chi connectivity index (χ2v) is 6.72. The second-order valence-electron chi connectivity index (χ2n) is 6.72. The van der Waals surface area contributed by atoms with Crippen LogP contribution in [0.15, 0.2) is 0 Å². The Morgan fingerprint density at radius 2 is 2.00 bits per heavy atom. The van der Waals surface area contributed by atoms with E-state index < -0.39 is 0 Å². The summed E-state index contributed by atoms with van der Waals surface area (Å²) >= 11 is 0. The Hall–Kier alpha value is -0.120. The van der Waals surface area contributed by atoms with Gasteiger partial charge in [-0.3, -0.25) is 0 Å². The Labute approximate surface area is 118 Å². The summed E-state index contributed by atoms with van der Waals surface area (Å²) in [4.78, 5) is 2.52. The van der Waals surface area contributed by atoms with E-state index in [1.165, 1.54) is 44.9 Å². The van der Waals surface area contributed by atoms with Gasteiger partial charge in [-0.2, -0.15) is 0 Å². The molecule has 0 amide bonds. The fourth-order valence-corrected chi connectivity index (χ4v) is 3.72. The van der Waals surface area contributed by atoms with Crippen LogP contribution in [0.5, 0.6) is 0 Å². The van der Waals surface area contributed by atoms with Crippen molar-refractivity contribution in [2.75, 3.05) is 26.2 Å². The van der Waals surface area contributed by atoms with Crippen LogP contribution in [0.2, 0.25) is 0 Å². The van der Waals surface area contributed by atoms with Crippen LogP contribution in [0.4, 0.5) is 0 Å². The highest BCUT2D eigenvalue weighted by Crippen LogP contribution is 2.41. The van der Waals surface area contributed by atoms with Crippen molar-refractivity contribution in [1.82, 2.24) is 4.90 Å². The van der Waals surface area contributed by atoms with Crippen LogP contribution in [-0.4, -0.2) is 42.8 Å². The molecule has 0 aromatic carbocycles. The zero-order valence-electron chi connectivity index (χ0n) is 12.9. The first kappa shape index (κ1) is 15.3. The molecule has 19 heavy (non-hydrogen) atoms. The summed E-state index contributed by atoms with van der Waals surface area (Å²) in [6.45, 7) is 8.58. The Morgan fingerprint density at radius 1 is 1.26 bits per heavy atom. The van der Waals surface area contributed by atoms with Gasteiger partial charge >= 0.3 is 0 Å². The van der Waals surface area contributed by atoms with Crippen LogP contribution in [0.1, 0.15) is 58.8 Å². The lowest BCUT2D eigenvalue weighted by Gasteiger charge is -2.34. The van der Waals surface area contributed by atoms with Crippen LogP contribution in [0, 0.1) is 5.92 Å². The molecular weight excluding hydrogens is 236 g/mol. The van der Waals surface area contributed by atoms with E-state index in [2.05, 4.69) is 18.7 Å². The van der Waals surface area contributed by atoms with Gasteiger partial charge in [-0.05, 0) is 44.7 Å². The van der Waals surface area contributed by atoms with Gasteiger partial charge in [0.25, 0.3) is 0 Å². The Kier molecular flexibility index (Phi) is 5.67. The molecule has 2 fully saturated rings. The normalized spacial score (nSPS) is 28.1. The predicted octanol–water partition coefficient (Wildman–Crippen LogP) is 2.79. The molecule has 1 saturated heterocycles. The maximum atomic E-state index is 6.46. The van der Waals surface area contributed by atoms with Gasteiger partial charge in [0.05, 0.1) is 11.7 Å². The van der Waals surface area contributed by atoms with Crippen LogP contribution >= 0.6 is 0 Å². The summed E-state index contributed by atoms with van der Waals surface area (Å²) < 4.78 is 6.46. The molecule has 1 aliphatic carbocycles. The first-order chi connectivity index (χ1) is 9.17. The highest BCUT2D eigenvalue weighted by Gasteiger charge is 2.40. The number of ether oxygens (including phenoxy) is 1. The summed E-state index contributed by atoms with van der Waals surface area (Å²) in [6, 6.07) is 0. The van der Waals surface area contributed by atoms with Gasteiger partial charge in [0.2, 0.25) is 0 Å². The van der Waals surface area contributed by atoms with E-state index >= 15 is 0 Å². The van der Waals surface area contributed by atoms with Crippen molar-refractivity contribution in [3.8, 4) is 0 Å². The third-order valence-corrected chi connectivity index (χ3v) is 4.98. The highest BCUT2D eigenvalue weighted by atomic mass is 16.5. The monoisotopic (exact) mass is 268 g/mol. The number of rotatable bonds is 6. The van der Waals surface area contributed by atoms with Crippen molar-refractivity contribution in [1.29, 1.82) is 0 Å². The minimum Gasteiger partial charge on any atom is -0.370 e. The molecule has 3 heteroatoms. The van der Waals surface area contributed by atoms with Gasteiger partial charge in [-0.15, -0.1) is 0 Å². The van der Waals surface area contributed by atoms with Gasteiger partial charge in [-0.1, -0.05) is 33.1 Å². The van der Waals surface area contributed by atoms with Crippen molar-refractivity contribution >= 4 is 0 Å². The van der Waals surface area contributed by atoms with E-state index in [0.717, 1.165) is 26.2 Å². The molecule has 0 aromatic heterocycles. The summed E-state index contributed by atoms with van der Waals surface area (Å²) in [5.41, 5.74) is 6.00. The number of hydrogen-bond donors (Lipinski definition) is 1. The predicted molar refractivity (Wildman–Crippen MR) is 80.3 cm³/mol. The highest BCUT2D eigenvalue weighted by molar-refractivity contribution is 4.92. The van der Waals surface area contributed by atoms with Crippen molar-refractivity contribution in [3.05, 3.63) is 0 Å². The molecule has 1 aliphatic heterocycles. The van der Waals surface area contributed by atoms with E-state index in [4.69, 9.17) is 10.5 Å². The SMILES string of the molecule is CCN(CC(C)CN)CC1CCC2(CCCCC2)O1. The van der Waals surface area contributed by atoms with Crippen LogP contribution < -0.4 is 5.73 Å². The summed E-state index contributed by atoms with van der Waals surface area (Å²) in [6.07, 6.45) is 9.76. The first-order valence-electron chi connectivity index (χ1n) is 8.27. The van der Waals surface area contributed by atoms with Crippen molar-refractivity contribution in [3.63, 3.8) is 0 Å². The molecule has 2 unspecified atom stereocenters. The zero-order chi connectivity index (χ0) is 13.7. The molecule has 2 rings (SSSR count). The van der Waals surface area contributed by atoms with Gasteiger partial charge < -0.3 is 15.4 Å². The van der Waals surface area contributed by atoms with Crippen molar-refractivity contribution in [2.45, 2.75) is 70.5 Å². The molecule has 3 nitrogen and oxygen atoms in total. The average molecular weight is 268 g/mol. The maximum absolute atomic E-state index is 6.46. The zero-order valence-corrected chi connectivity index (χ0v) is 12.9. The fraction of sp³-hybridized carbons (Fsp3) is 1.00. The lowest BCUT2D eigenvalue weighted by atomic mass is 9.83. The van der Waals surface area contributed by atoms with Crippen LogP contribution in [0.25, 0.3) is 0 Å². The number of hydrogen-bond acceptors (Lipinski definition) is 3. The molecular formula is C16H32N2O. The molecule has 1 heterocycles. The first-order valence-corrected chi connectivity index (χ1v) is 8.27. The number of nitrogens with zero attached hydrogens (tertiary/aromatic N) is 1. The molecule has 112 valence electrons. The molecule has 1 saturated carbocycles. The molecule has 1 spiro atoms. The molecule has 0 bridgehead atoms. The largest absolute Gasteiger partial charge is 0.370 e. The van der Waals surface area contributed by atoms with E-state index in [1.54, 1.807) is 0 Å². The number of likely N-dealkylation sites (N-methyl/N-ethyl adjacent to an activating group) is 1. The van der Waals surface area contributed by atoms with Gasteiger partial charge in [0.15, 0.2) is 0 Å². The molecule has 2 aliphatic rings. The fourth-order valence-electron chi connectivity index (χ4n) is 3.72. The Morgan fingerprint density at radius 3 is 2.63 bits per heavy atom. The molecule has 2 atom stereocenters. The third-order valence-electron chi connectivity index (χ3n) is 4.98. The number of nitrogens with two attached hydrogens (primary N) is 1. The topological polar surface area (TPSA) is 38.5 Å². The summed E-state index contributed by atoms with van der Waals surface area (Å²) in [5, 5.41) is 0. The Bertz CT molecular complexity index is 263. The standard InChI is InChI=1S/C16H32N2O/c1-3-18(12-14(2)11-17)13-15-7-10-16(19-15)8-5-4-6-9-16/h14-15H,3-13,17H2,1-2H3. The quantitative estimate of drug-likeness (QED) is 0.805. The Balaban J connectivity index is 1.79. The van der Waals surface area contributed by atoms with E-state index in [-0.39, 0.29) is 5.60 Å². The van der Waals surface area contributed by atoms with E-state index in [9.17, 15) is 0 Å². The van der Waals surface area contributed by atoms with Crippen molar-refractivity contribution < 1.29 is 4.74 Å². The van der Waals surface area contributed by atoms with Gasteiger partial charge in [-0.25, -0.2) is 0 Å². The second kappa shape index (κ2) is 7.05. The minimum atomic E-state index is 0.266. The summed E-state index contributed by atoms with van der Waals surface area (Å²) in [7, 11) is 0. The minimum absolute atomic E-state index is 0.266. The lowest BCUT2D eigenvalue weighted by molar-refractivity contribution is -0.0721. The summed E-state index contributed by atoms with van der Waals surface area (Å²) in [5.74, 6) is 0.588. The van der Waals surface area contributed by atoms with E-state index in [1.807, 2.05) is 0 Å². The van der Waals surface area contributed by atoms with Crippen molar-refractivity contribution in [2.24, 2.45) is 11.7 Å². The van der Waals surface area contributed by atoms with Crippen LogP contribution in [-0.2, 0) is 4.74 Å². The van der Waals surface area contributed by atoms with Gasteiger partial charge in [0.1, 0.15) is 0 Å². The third kappa shape index (κ3) is 4.17. The maximum Gasteiger partial charge on any atom is 0.0710 e. The molecule has 0 radical (unpaired) electrons. The van der Waals surface area contributed by atoms with Gasteiger partial charge in [0, 0.05) is 13.1 Å². The molecule has 2 N–H and O–H groups in total.